The summed E-state index contributed by atoms with van der Waals surface area (Å²) in [6.07, 6.45) is 2.87. The van der Waals surface area contributed by atoms with E-state index in [4.69, 9.17) is 0 Å². The van der Waals surface area contributed by atoms with Crippen LogP contribution >= 0.6 is 0 Å². The summed E-state index contributed by atoms with van der Waals surface area (Å²) in [4.78, 5) is 30.5. The predicted octanol–water partition coefficient (Wildman–Crippen LogP) is 2.81. The Morgan fingerprint density at radius 2 is 1.60 bits per heavy atom. The Morgan fingerprint density at radius 1 is 0.960 bits per heavy atom. The molecule has 0 fully saturated rings. The van der Waals surface area contributed by atoms with Gasteiger partial charge in [-0.05, 0) is 12.1 Å². The minimum atomic E-state index is -0.492. The van der Waals surface area contributed by atoms with E-state index in [9.17, 15) is 14.9 Å². The summed E-state index contributed by atoms with van der Waals surface area (Å²) < 4.78 is 0. The molecule has 0 saturated carbocycles. The lowest BCUT2D eigenvalue weighted by Crippen LogP contribution is -2.29. The molecular weight excluding hydrogens is 322 g/mol. The quantitative estimate of drug-likeness (QED) is 0.548. The maximum atomic E-state index is 12.1. The highest BCUT2D eigenvalue weighted by molar-refractivity contribution is 5.94. The lowest BCUT2D eigenvalue weighted by Gasteiger charge is -2.08. The van der Waals surface area contributed by atoms with Crippen LogP contribution in [0.25, 0.3) is 11.4 Å². The van der Waals surface area contributed by atoms with Crippen LogP contribution in [-0.4, -0.2) is 20.8 Å². The van der Waals surface area contributed by atoms with Crippen LogP contribution in [0, 0.1) is 10.1 Å². The molecule has 0 saturated heterocycles. The van der Waals surface area contributed by atoms with E-state index in [1.54, 1.807) is 0 Å². The van der Waals surface area contributed by atoms with Gasteiger partial charge in [0.2, 0.25) is 0 Å². The maximum Gasteiger partial charge on any atom is 0.272 e. The molecule has 8 nitrogen and oxygen atoms in total. The van der Waals surface area contributed by atoms with Crippen LogP contribution in [0.2, 0.25) is 0 Å². The molecule has 1 heterocycles. The molecule has 124 valence electrons. The molecule has 2 aromatic carbocycles. The average Bonchev–Trinajstić information content (AvgIpc) is 2.67. The zero-order valence-electron chi connectivity index (χ0n) is 12.9. The molecular formula is C17H13N5O3. The third-order valence-electron chi connectivity index (χ3n) is 3.34. The highest BCUT2D eigenvalue weighted by atomic mass is 16.6. The summed E-state index contributed by atoms with van der Waals surface area (Å²) in [6.45, 7) is 0. The number of nitro groups is 1. The molecule has 0 unspecified atom stereocenters. The predicted molar refractivity (Wildman–Crippen MR) is 91.7 cm³/mol. The minimum Gasteiger partial charge on any atom is -0.298 e. The first-order valence-electron chi connectivity index (χ1n) is 7.32. The largest absolute Gasteiger partial charge is 0.298 e. The number of hydrogen-bond acceptors (Lipinski definition) is 6. The molecule has 1 amide bonds. The molecule has 0 atom stereocenters. The number of hydrazine groups is 1. The number of anilines is 1. The van der Waals surface area contributed by atoms with Gasteiger partial charge in [-0.3, -0.25) is 25.8 Å². The van der Waals surface area contributed by atoms with Crippen molar-refractivity contribution in [2.75, 3.05) is 5.43 Å². The first-order chi connectivity index (χ1) is 12.1. The Kier molecular flexibility index (Phi) is 4.61. The third-order valence-corrected chi connectivity index (χ3v) is 3.34. The van der Waals surface area contributed by atoms with Crippen molar-refractivity contribution >= 4 is 17.3 Å². The fourth-order valence-corrected chi connectivity index (χ4v) is 2.05. The number of nitrogens with one attached hydrogen (secondary N) is 2. The number of carbonyl (C=O) groups is 1. The van der Waals surface area contributed by atoms with E-state index >= 15 is 0 Å². The number of amides is 1. The van der Waals surface area contributed by atoms with E-state index in [1.807, 2.05) is 30.3 Å². The average molecular weight is 335 g/mol. The molecule has 3 rings (SSSR count). The number of hydrogen-bond donors (Lipinski definition) is 2. The second kappa shape index (κ2) is 7.18. The van der Waals surface area contributed by atoms with Crippen molar-refractivity contribution in [3.63, 3.8) is 0 Å². The van der Waals surface area contributed by atoms with E-state index in [-0.39, 0.29) is 11.3 Å². The van der Waals surface area contributed by atoms with Crippen LogP contribution in [0.15, 0.2) is 67.0 Å². The standard InChI is InChI=1S/C17H13N5O3/c23-17(21-20-14-6-8-15(9-7-14)22(24)25)13-10-18-16(19-11-13)12-4-2-1-3-5-12/h1-11,20H,(H,21,23). The van der Waals surface area contributed by atoms with Crippen LogP contribution in [0.1, 0.15) is 10.4 Å². The fourth-order valence-electron chi connectivity index (χ4n) is 2.05. The SMILES string of the molecule is O=C(NNc1ccc([N+](=O)[O-])cc1)c1cnc(-c2ccccc2)nc1. The second-order valence-electron chi connectivity index (χ2n) is 5.04. The fraction of sp³-hybridized carbons (Fsp3) is 0. The Labute approximate surface area is 142 Å². The van der Waals surface area contributed by atoms with E-state index in [1.165, 1.54) is 36.7 Å². The Hall–Kier alpha value is -3.81. The third kappa shape index (κ3) is 3.94. The van der Waals surface area contributed by atoms with E-state index in [0.717, 1.165) is 5.56 Å². The molecule has 0 aliphatic rings. The van der Waals surface area contributed by atoms with Gasteiger partial charge >= 0.3 is 0 Å². The molecule has 3 aromatic rings. The highest BCUT2D eigenvalue weighted by Gasteiger charge is 2.08. The molecule has 1 aromatic heterocycles. The lowest BCUT2D eigenvalue weighted by molar-refractivity contribution is -0.384. The van der Waals surface area contributed by atoms with Crippen molar-refractivity contribution in [3.05, 3.63) is 82.7 Å². The summed E-state index contributed by atoms with van der Waals surface area (Å²) in [5.74, 6) is 0.110. The molecule has 0 bridgehead atoms. The Balaban J connectivity index is 1.62. The summed E-state index contributed by atoms with van der Waals surface area (Å²) in [5.41, 5.74) is 6.80. The topological polar surface area (TPSA) is 110 Å². The summed E-state index contributed by atoms with van der Waals surface area (Å²) in [6, 6.07) is 15.1. The van der Waals surface area contributed by atoms with Crippen LogP contribution in [0.3, 0.4) is 0 Å². The van der Waals surface area contributed by atoms with E-state index in [0.29, 0.717) is 11.5 Å². The van der Waals surface area contributed by atoms with Crippen molar-refractivity contribution in [2.24, 2.45) is 0 Å². The zero-order chi connectivity index (χ0) is 17.6. The van der Waals surface area contributed by atoms with Gasteiger partial charge in [-0.1, -0.05) is 30.3 Å². The van der Waals surface area contributed by atoms with Crippen LogP contribution in [0.5, 0.6) is 0 Å². The van der Waals surface area contributed by atoms with Crippen molar-refractivity contribution in [1.29, 1.82) is 0 Å². The van der Waals surface area contributed by atoms with Gasteiger partial charge in [-0.15, -0.1) is 0 Å². The maximum absolute atomic E-state index is 12.1. The number of nitrogens with zero attached hydrogens (tertiary/aromatic N) is 3. The Bertz CT molecular complexity index is 880. The zero-order valence-corrected chi connectivity index (χ0v) is 12.9. The van der Waals surface area contributed by atoms with Gasteiger partial charge in [0.15, 0.2) is 5.82 Å². The molecule has 0 aliphatic heterocycles. The number of nitro benzene ring substituents is 1. The van der Waals surface area contributed by atoms with Crippen molar-refractivity contribution in [1.82, 2.24) is 15.4 Å². The molecule has 2 N–H and O–H groups in total. The van der Waals surface area contributed by atoms with Crippen molar-refractivity contribution in [3.8, 4) is 11.4 Å². The second-order valence-corrected chi connectivity index (χ2v) is 5.04. The smallest absolute Gasteiger partial charge is 0.272 e. The van der Waals surface area contributed by atoms with Gasteiger partial charge < -0.3 is 0 Å². The summed E-state index contributed by atoms with van der Waals surface area (Å²) >= 11 is 0. The van der Waals surface area contributed by atoms with Crippen molar-refractivity contribution < 1.29 is 9.72 Å². The number of rotatable bonds is 5. The van der Waals surface area contributed by atoms with E-state index in [2.05, 4.69) is 20.8 Å². The van der Waals surface area contributed by atoms with Gasteiger partial charge in [0.05, 0.1) is 16.2 Å². The normalized spacial score (nSPS) is 10.1. The van der Waals surface area contributed by atoms with Gasteiger partial charge in [0, 0.05) is 30.1 Å². The van der Waals surface area contributed by atoms with Gasteiger partial charge in [0.25, 0.3) is 11.6 Å². The van der Waals surface area contributed by atoms with Crippen LogP contribution in [0.4, 0.5) is 11.4 Å². The molecule has 8 heteroatoms. The van der Waals surface area contributed by atoms with E-state index < -0.39 is 10.8 Å². The first kappa shape index (κ1) is 16.1. The number of aromatic nitrogens is 2. The molecule has 0 spiro atoms. The van der Waals surface area contributed by atoms with Crippen LogP contribution < -0.4 is 10.9 Å². The van der Waals surface area contributed by atoms with Gasteiger partial charge in [-0.2, -0.15) is 0 Å². The lowest BCUT2D eigenvalue weighted by atomic mass is 10.2. The van der Waals surface area contributed by atoms with Crippen molar-refractivity contribution in [2.45, 2.75) is 0 Å². The van der Waals surface area contributed by atoms with Crippen LogP contribution in [-0.2, 0) is 0 Å². The number of benzene rings is 2. The first-order valence-corrected chi connectivity index (χ1v) is 7.32. The number of non-ortho nitro benzene ring substituents is 1. The molecule has 0 radical (unpaired) electrons. The monoisotopic (exact) mass is 335 g/mol. The molecule has 25 heavy (non-hydrogen) atoms. The Morgan fingerprint density at radius 3 is 2.20 bits per heavy atom. The summed E-state index contributed by atoms with van der Waals surface area (Å²) in [7, 11) is 0. The van der Waals surface area contributed by atoms with Gasteiger partial charge in [0.1, 0.15) is 0 Å². The highest BCUT2D eigenvalue weighted by Crippen LogP contribution is 2.15. The minimum absolute atomic E-state index is 0.0261. The number of carbonyl (C=O) groups excluding carboxylic acids is 1. The molecule has 0 aliphatic carbocycles. The summed E-state index contributed by atoms with van der Waals surface area (Å²) in [5, 5.41) is 10.6. The van der Waals surface area contributed by atoms with Gasteiger partial charge in [-0.25, -0.2) is 9.97 Å².